The van der Waals surface area contributed by atoms with Crippen molar-refractivity contribution in [2.24, 2.45) is 10.9 Å². The third-order valence-electron chi connectivity index (χ3n) is 3.56. The molecule has 0 saturated heterocycles. The van der Waals surface area contributed by atoms with Crippen LogP contribution in [0.4, 0.5) is 5.69 Å². The van der Waals surface area contributed by atoms with Crippen LogP contribution >= 0.6 is 35.6 Å². The number of carbonyl (C=O) groups is 1. The van der Waals surface area contributed by atoms with E-state index in [0.29, 0.717) is 48.7 Å². The number of carbonyl (C=O) groups excluding carboxylic acids is 1. The first kappa shape index (κ1) is 26.9. The van der Waals surface area contributed by atoms with Gasteiger partial charge in [-0.2, -0.15) is 0 Å². The fourth-order valence-corrected chi connectivity index (χ4v) is 2.53. The number of aryl methyl sites for hydroxylation is 1. The first-order chi connectivity index (χ1) is 12.9. The molecule has 160 valence electrons. The zero-order valence-corrected chi connectivity index (χ0v) is 20.4. The summed E-state index contributed by atoms with van der Waals surface area (Å²) in [6.07, 6.45) is 1.20. The van der Waals surface area contributed by atoms with Crippen molar-refractivity contribution in [1.29, 1.82) is 0 Å². The van der Waals surface area contributed by atoms with E-state index in [4.69, 9.17) is 16.3 Å². The van der Waals surface area contributed by atoms with Crippen molar-refractivity contribution in [3.05, 3.63) is 28.8 Å². The third kappa shape index (κ3) is 12.4. The normalized spacial score (nSPS) is 11.1. The maximum absolute atomic E-state index is 12.1. The van der Waals surface area contributed by atoms with E-state index in [1.54, 1.807) is 0 Å². The number of anilines is 1. The van der Waals surface area contributed by atoms with E-state index >= 15 is 0 Å². The van der Waals surface area contributed by atoms with Gasteiger partial charge in [-0.1, -0.05) is 31.5 Å². The van der Waals surface area contributed by atoms with E-state index < -0.39 is 0 Å². The van der Waals surface area contributed by atoms with Crippen LogP contribution in [0.5, 0.6) is 0 Å². The average molecular weight is 525 g/mol. The smallest absolute Gasteiger partial charge is 0.226 e. The fourth-order valence-electron chi connectivity index (χ4n) is 2.25. The molecule has 8 heteroatoms. The Labute approximate surface area is 191 Å². The van der Waals surface area contributed by atoms with Gasteiger partial charge < -0.3 is 20.7 Å². The van der Waals surface area contributed by atoms with Gasteiger partial charge in [-0.05, 0) is 43.9 Å². The van der Waals surface area contributed by atoms with Crippen LogP contribution in [0.15, 0.2) is 23.2 Å². The van der Waals surface area contributed by atoms with Crippen LogP contribution in [0.3, 0.4) is 0 Å². The predicted molar refractivity (Wildman–Crippen MR) is 129 cm³/mol. The van der Waals surface area contributed by atoms with Gasteiger partial charge in [0.2, 0.25) is 5.91 Å². The van der Waals surface area contributed by atoms with Crippen molar-refractivity contribution in [2.75, 3.05) is 38.2 Å². The minimum Gasteiger partial charge on any atom is -0.381 e. The Morgan fingerprint density at radius 3 is 2.68 bits per heavy atom. The molecule has 0 spiro atoms. The maximum atomic E-state index is 12.1. The first-order valence-electron chi connectivity index (χ1n) is 9.58. The molecule has 0 heterocycles. The highest BCUT2D eigenvalue weighted by Crippen LogP contribution is 2.22. The van der Waals surface area contributed by atoms with Crippen LogP contribution in [0.2, 0.25) is 5.02 Å². The van der Waals surface area contributed by atoms with Crippen molar-refractivity contribution in [3.8, 4) is 0 Å². The van der Waals surface area contributed by atoms with Crippen LogP contribution in [0, 0.1) is 12.8 Å². The molecular weight excluding hydrogens is 491 g/mol. The van der Waals surface area contributed by atoms with E-state index in [1.165, 1.54) is 0 Å². The molecule has 0 aromatic heterocycles. The highest BCUT2D eigenvalue weighted by Gasteiger charge is 2.06. The van der Waals surface area contributed by atoms with Crippen LogP contribution in [0.25, 0.3) is 0 Å². The van der Waals surface area contributed by atoms with E-state index in [2.05, 4.69) is 34.8 Å². The van der Waals surface area contributed by atoms with Gasteiger partial charge in [0.15, 0.2) is 5.96 Å². The summed E-state index contributed by atoms with van der Waals surface area (Å²) >= 11 is 6.14. The summed E-state index contributed by atoms with van der Waals surface area (Å²) in [6.45, 7) is 11.7. The lowest BCUT2D eigenvalue weighted by Crippen LogP contribution is -2.38. The van der Waals surface area contributed by atoms with E-state index in [9.17, 15) is 4.79 Å². The van der Waals surface area contributed by atoms with E-state index in [-0.39, 0.29) is 29.9 Å². The lowest BCUT2D eigenvalue weighted by Gasteiger charge is -2.12. The molecule has 0 aliphatic carbocycles. The molecule has 0 saturated carbocycles. The number of benzene rings is 1. The van der Waals surface area contributed by atoms with Crippen LogP contribution in [-0.4, -0.2) is 44.7 Å². The summed E-state index contributed by atoms with van der Waals surface area (Å²) in [6, 6.07) is 5.56. The Morgan fingerprint density at radius 2 is 2.04 bits per heavy atom. The monoisotopic (exact) mass is 524 g/mol. The van der Waals surface area contributed by atoms with Crippen LogP contribution in [0.1, 0.15) is 39.2 Å². The number of guanidine groups is 1. The second kappa shape index (κ2) is 15.8. The SMILES string of the molecule is CCNC(=NCCCOCC(C)C)NCCC(=O)Nc1ccc(C)cc1Cl.I. The number of aliphatic imine (C=N–C) groups is 1. The topological polar surface area (TPSA) is 74.8 Å². The van der Waals surface area contributed by atoms with Gasteiger partial charge in [0.1, 0.15) is 0 Å². The Hall–Kier alpha value is -1.06. The maximum Gasteiger partial charge on any atom is 0.226 e. The van der Waals surface area contributed by atoms with Gasteiger partial charge in [0, 0.05) is 39.3 Å². The summed E-state index contributed by atoms with van der Waals surface area (Å²) < 4.78 is 5.55. The lowest BCUT2D eigenvalue weighted by atomic mass is 10.2. The van der Waals surface area contributed by atoms with Gasteiger partial charge in [-0.3, -0.25) is 9.79 Å². The first-order valence-corrected chi connectivity index (χ1v) is 9.96. The molecule has 0 fully saturated rings. The number of amides is 1. The largest absolute Gasteiger partial charge is 0.381 e. The molecule has 1 aromatic carbocycles. The lowest BCUT2D eigenvalue weighted by molar-refractivity contribution is -0.116. The Bertz CT molecular complexity index is 612. The van der Waals surface area contributed by atoms with E-state index in [1.807, 2.05) is 32.0 Å². The number of ether oxygens (including phenoxy) is 1. The molecule has 28 heavy (non-hydrogen) atoms. The summed E-state index contributed by atoms with van der Waals surface area (Å²) in [5.41, 5.74) is 1.69. The van der Waals surface area contributed by atoms with Crippen LogP contribution in [-0.2, 0) is 9.53 Å². The number of rotatable bonds is 11. The Kier molecular flexibility index (Phi) is 15.2. The van der Waals surface area contributed by atoms with Gasteiger partial charge in [-0.15, -0.1) is 24.0 Å². The third-order valence-corrected chi connectivity index (χ3v) is 3.87. The second-order valence-corrected chi connectivity index (χ2v) is 7.20. The minimum atomic E-state index is -0.0915. The standard InChI is InChI=1S/C20H33ClN4O2.HI/c1-5-22-20(23-10-6-12-27-14-15(2)3)24-11-9-19(26)25-18-8-7-16(4)13-17(18)21;/h7-8,13,15H,5-6,9-12,14H2,1-4H3,(H,25,26)(H2,22,23,24);1H. The molecular formula is C20H34ClIN4O2. The molecule has 0 unspecified atom stereocenters. The summed E-state index contributed by atoms with van der Waals surface area (Å²) in [7, 11) is 0. The highest BCUT2D eigenvalue weighted by molar-refractivity contribution is 14.0. The highest BCUT2D eigenvalue weighted by atomic mass is 127. The molecule has 0 radical (unpaired) electrons. The fraction of sp³-hybridized carbons (Fsp3) is 0.600. The number of hydrogen-bond donors (Lipinski definition) is 3. The van der Waals surface area contributed by atoms with Gasteiger partial charge in [-0.25, -0.2) is 0 Å². The van der Waals surface area contributed by atoms with Crippen molar-refractivity contribution >= 4 is 53.1 Å². The van der Waals surface area contributed by atoms with Gasteiger partial charge in [0.05, 0.1) is 10.7 Å². The zero-order valence-electron chi connectivity index (χ0n) is 17.3. The summed E-state index contributed by atoms with van der Waals surface area (Å²) in [5.74, 6) is 1.17. The Balaban J connectivity index is 0.00000729. The molecule has 0 aliphatic heterocycles. The second-order valence-electron chi connectivity index (χ2n) is 6.79. The number of nitrogens with zero attached hydrogens (tertiary/aromatic N) is 1. The predicted octanol–water partition coefficient (Wildman–Crippen LogP) is 4.21. The van der Waals surface area contributed by atoms with Crippen molar-refractivity contribution in [2.45, 2.75) is 40.5 Å². The Morgan fingerprint density at radius 1 is 1.29 bits per heavy atom. The molecule has 3 N–H and O–H groups in total. The molecule has 0 bridgehead atoms. The molecule has 1 amide bonds. The number of nitrogens with one attached hydrogen (secondary N) is 3. The van der Waals surface area contributed by atoms with Crippen molar-refractivity contribution in [1.82, 2.24) is 10.6 Å². The molecule has 6 nitrogen and oxygen atoms in total. The van der Waals surface area contributed by atoms with Gasteiger partial charge >= 0.3 is 0 Å². The summed E-state index contributed by atoms with van der Waals surface area (Å²) in [5, 5.41) is 9.73. The van der Waals surface area contributed by atoms with Gasteiger partial charge in [0.25, 0.3) is 0 Å². The zero-order chi connectivity index (χ0) is 20.1. The number of hydrogen-bond acceptors (Lipinski definition) is 3. The average Bonchev–Trinajstić information content (AvgIpc) is 2.60. The quantitative estimate of drug-likeness (QED) is 0.175. The van der Waals surface area contributed by atoms with E-state index in [0.717, 1.165) is 25.1 Å². The molecule has 1 rings (SSSR count). The van der Waals surface area contributed by atoms with Crippen molar-refractivity contribution in [3.63, 3.8) is 0 Å². The minimum absolute atomic E-state index is 0. The molecule has 0 aliphatic rings. The molecule has 1 aromatic rings. The number of halogens is 2. The molecule has 0 atom stereocenters. The van der Waals surface area contributed by atoms with Crippen molar-refractivity contribution < 1.29 is 9.53 Å². The summed E-state index contributed by atoms with van der Waals surface area (Å²) in [4.78, 5) is 16.6. The van der Waals surface area contributed by atoms with Crippen LogP contribution < -0.4 is 16.0 Å².